The van der Waals surface area contributed by atoms with Crippen LogP contribution in [0.1, 0.15) is 29.4 Å². The number of aromatic nitrogens is 1. The molecule has 1 aromatic carbocycles. The number of carbonyl (C=O) groups excluding carboxylic acids is 1. The second kappa shape index (κ2) is 4.90. The van der Waals surface area contributed by atoms with Crippen molar-refractivity contribution in [1.29, 1.82) is 0 Å². The Kier molecular flexibility index (Phi) is 2.99. The van der Waals surface area contributed by atoms with E-state index in [-0.39, 0.29) is 12.1 Å². The highest BCUT2D eigenvalue weighted by Gasteiger charge is 2.33. The Labute approximate surface area is 130 Å². The van der Waals surface area contributed by atoms with Crippen molar-refractivity contribution >= 4 is 16.7 Å². The molecule has 4 rings (SSSR count). The van der Waals surface area contributed by atoms with Crippen molar-refractivity contribution in [2.24, 2.45) is 13.0 Å². The number of aryl methyl sites for hydroxylation is 1. The standard InChI is InChI=1S/C18H21N3O/c1-12-19-9-10-21(12)11-13-7-8-16-17(18(13)22)14-5-3-4-6-15(14)20(16)2/h3-6,9-10,12-13,19H,7-8,11H2,1-2H3. The molecule has 114 valence electrons. The number of carbonyl (C=O) groups is 1. The molecule has 2 unspecified atom stereocenters. The van der Waals surface area contributed by atoms with Crippen molar-refractivity contribution in [3.8, 4) is 0 Å². The van der Waals surface area contributed by atoms with Gasteiger partial charge in [0.25, 0.3) is 0 Å². The third kappa shape index (κ3) is 1.86. The molecule has 2 aliphatic rings. The Hall–Kier alpha value is -2.23. The highest BCUT2D eigenvalue weighted by atomic mass is 16.1. The van der Waals surface area contributed by atoms with Crippen LogP contribution in [0.25, 0.3) is 10.9 Å². The summed E-state index contributed by atoms with van der Waals surface area (Å²) in [4.78, 5) is 15.3. The zero-order valence-electron chi connectivity index (χ0n) is 13.0. The zero-order chi connectivity index (χ0) is 15.3. The summed E-state index contributed by atoms with van der Waals surface area (Å²) in [5, 5.41) is 4.37. The zero-order valence-corrected chi connectivity index (χ0v) is 13.0. The summed E-state index contributed by atoms with van der Waals surface area (Å²) < 4.78 is 2.19. The minimum absolute atomic E-state index is 0.0882. The van der Waals surface area contributed by atoms with Gasteiger partial charge in [-0.2, -0.15) is 0 Å². The normalized spacial score (nSPS) is 23.9. The number of Topliss-reactive ketones (excluding diaryl/α,β-unsaturated/α-hetero) is 1. The van der Waals surface area contributed by atoms with E-state index in [1.54, 1.807) is 0 Å². The van der Waals surface area contributed by atoms with Gasteiger partial charge in [0.05, 0.1) is 6.17 Å². The first-order valence-corrected chi connectivity index (χ1v) is 7.96. The molecule has 0 fully saturated rings. The quantitative estimate of drug-likeness (QED) is 0.925. The fourth-order valence-electron chi connectivity index (χ4n) is 3.81. The molecule has 0 saturated carbocycles. The third-order valence-electron chi connectivity index (χ3n) is 5.11. The number of ketones is 1. The number of hydrogen-bond donors (Lipinski definition) is 1. The van der Waals surface area contributed by atoms with Crippen LogP contribution in [0.3, 0.4) is 0 Å². The molecule has 0 spiro atoms. The number of fused-ring (bicyclic) bond motifs is 3. The molecule has 0 amide bonds. The lowest BCUT2D eigenvalue weighted by Gasteiger charge is -2.29. The van der Waals surface area contributed by atoms with Crippen molar-refractivity contribution in [3.63, 3.8) is 0 Å². The van der Waals surface area contributed by atoms with Crippen LogP contribution in [0, 0.1) is 5.92 Å². The monoisotopic (exact) mass is 295 g/mol. The molecular weight excluding hydrogens is 274 g/mol. The van der Waals surface area contributed by atoms with Crippen LogP contribution in [0.5, 0.6) is 0 Å². The van der Waals surface area contributed by atoms with Crippen LogP contribution in [0.2, 0.25) is 0 Å². The molecule has 0 bridgehead atoms. The van der Waals surface area contributed by atoms with Gasteiger partial charge in [0.2, 0.25) is 0 Å². The lowest BCUT2D eigenvalue weighted by Crippen LogP contribution is -2.39. The highest BCUT2D eigenvalue weighted by molar-refractivity contribution is 6.11. The van der Waals surface area contributed by atoms with Crippen LogP contribution in [0.4, 0.5) is 0 Å². The molecule has 0 radical (unpaired) electrons. The van der Waals surface area contributed by atoms with Crippen LogP contribution in [0.15, 0.2) is 36.7 Å². The van der Waals surface area contributed by atoms with E-state index in [0.717, 1.165) is 35.9 Å². The lowest BCUT2D eigenvalue weighted by molar-refractivity contribution is 0.0867. The van der Waals surface area contributed by atoms with Gasteiger partial charge in [-0.3, -0.25) is 4.79 Å². The van der Waals surface area contributed by atoms with E-state index in [1.165, 1.54) is 5.69 Å². The van der Waals surface area contributed by atoms with Crippen LogP contribution >= 0.6 is 0 Å². The fraction of sp³-hybridized carbons (Fsp3) is 0.389. The van der Waals surface area contributed by atoms with Crippen LogP contribution in [-0.2, 0) is 13.5 Å². The van der Waals surface area contributed by atoms with Crippen molar-refractivity contribution in [3.05, 3.63) is 47.9 Å². The van der Waals surface area contributed by atoms with Gasteiger partial charge < -0.3 is 14.8 Å². The van der Waals surface area contributed by atoms with Gasteiger partial charge in [-0.25, -0.2) is 0 Å². The maximum atomic E-state index is 13.1. The Morgan fingerprint density at radius 3 is 2.91 bits per heavy atom. The summed E-state index contributed by atoms with van der Waals surface area (Å²) in [6.07, 6.45) is 6.21. The number of nitrogens with zero attached hydrogens (tertiary/aromatic N) is 2. The summed E-state index contributed by atoms with van der Waals surface area (Å²) in [5.74, 6) is 0.399. The summed E-state index contributed by atoms with van der Waals surface area (Å²) in [6.45, 7) is 2.92. The van der Waals surface area contributed by atoms with Gasteiger partial charge in [-0.1, -0.05) is 18.2 Å². The Morgan fingerprint density at radius 1 is 1.32 bits per heavy atom. The molecule has 1 aliphatic carbocycles. The topological polar surface area (TPSA) is 37.3 Å². The van der Waals surface area contributed by atoms with E-state index in [2.05, 4.69) is 47.1 Å². The minimum Gasteiger partial charge on any atom is -0.370 e. The Balaban J connectivity index is 1.71. The van der Waals surface area contributed by atoms with Crippen molar-refractivity contribution in [1.82, 2.24) is 14.8 Å². The molecule has 4 nitrogen and oxygen atoms in total. The third-order valence-corrected chi connectivity index (χ3v) is 5.11. The number of rotatable bonds is 2. The first kappa shape index (κ1) is 13.4. The SMILES string of the molecule is CC1NC=CN1CC1CCc2c(c3ccccc3n2C)C1=O. The molecular formula is C18H21N3O. The first-order valence-electron chi connectivity index (χ1n) is 7.96. The summed E-state index contributed by atoms with van der Waals surface area (Å²) in [5.41, 5.74) is 3.32. The van der Waals surface area contributed by atoms with Crippen LogP contribution < -0.4 is 5.32 Å². The lowest BCUT2D eigenvalue weighted by atomic mass is 9.84. The van der Waals surface area contributed by atoms with Gasteiger partial charge >= 0.3 is 0 Å². The predicted octanol–water partition coefficient (Wildman–Crippen LogP) is 2.65. The summed E-state index contributed by atoms with van der Waals surface area (Å²) >= 11 is 0. The number of nitrogens with one attached hydrogen (secondary N) is 1. The number of hydrogen-bond acceptors (Lipinski definition) is 3. The van der Waals surface area contributed by atoms with E-state index in [4.69, 9.17) is 0 Å². The molecule has 1 N–H and O–H groups in total. The van der Waals surface area contributed by atoms with E-state index < -0.39 is 0 Å². The van der Waals surface area contributed by atoms with E-state index in [9.17, 15) is 4.79 Å². The van der Waals surface area contributed by atoms with Gasteiger partial charge in [0, 0.05) is 54.1 Å². The molecule has 2 atom stereocenters. The van der Waals surface area contributed by atoms with E-state index in [0.29, 0.717) is 5.78 Å². The molecule has 2 heterocycles. The van der Waals surface area contributed by atoms with Gasteiger partial charge in [-0.15, -0.1) is 0 Å². The number of benzene rings is 1. The maximum absolute atomic E-state index is 13.1. The van der Waals surface area contributed by atoms with E-state index in [1.807, 2.05) is 18.3 Å². The predicted molar refractivity (Wildman–Crippen MR) is 87.5 cm³/mol. The van der Waals surface area contributed by atoms with Crippen LogP contribution in [-0.4, -0.2) is 28.0 Å². The second-order valence-corrected chi connectivity index (χ2v) is 6.35. The number of para-hydroxylation sites is 1. The molecule has 1 aromatic heterocycles. The van der Waals surface area contributed by atoms with E-state index >= 15 is 0 Å². The summed E-state index contributed by atoms with van der Waals surface area (Å²) in [7, 11) is 2.07. The highest BCUT2D eigenvalue weighted by Crippen LogP contribution is 2.34. The van der Waals surface area contributed by atoms with Gasteiger partial charge in [0.15, 0.2) is 5.78 Å². The molecule has 4 heteroatoms. The van der Waals surface area contributed by atoms with Crippen molar-refractivity contribution < 1.29 is 4.79 Å². The van der Waals surface area contributed by atoms with Crippen molar-refractivity contribution in [2.75, 3.05) is 6.54 Å². The van der Waals surface area contributed by atoms with Gasteiger partial charge in [-0.05, 0) is 25.8 Å². The molecule has 2 aromatic rings. The Bertz CT molecular complexity index is 774. The Morgan fingerprint density at radius 2 is 2.14 bits per heavy atom. The average Bonchev–Trinajstić information content (AvgIpc) is 3.05. The minimum atomic E-state index is 0.0882. The maximum Gasteiger partial charge on any atom is 0.170 e. The summed E-state index contributed by atoms with van der Waals surface area (Å²) in [6, 6.07) is 8.24. The van der Waals surface area contributed by atoms with Gasteiger partial charge in [0.1, 0.15) is 0 Å². The largest absolute Gasteiger partial charge is 0.370 e. The average molecular weight is 295 g/mol. The first-order chi connectivity index (χ1) is 10.7. The molecule has 0 saturated heterocycles. The van der Waals surface area contributed by atoms with Crippen molar-refractivity contribution in [2.45, 2.75) is 25.9 Å². The molecule has 1 aliphatic heterocycles. The second-order valence-electron chi connectivity index (χ2n) is 6.35. The fourth-order valence-corrected chi connectivity index (χ4v) is 3.81. The molecule has 22 heavy (non-hydrogen) atoms. The smallest absolute Gasteiger partial charge is 0.170 e.